The maximum atomic E-state index is 12.8. The summed E-state index contributed by atoms with van der Waals surface area (Å²) in [5.41, 5.74) is 4.03. The topological polar surface area (TPSA) is 118 Å². The number of carboxylic acid groups (broad SMARTS) is 1. The predicted octanol–water partition coefficient (Wildman–Crippen LogP) is 6.70. The lowest BCUT2D eigenvalue weighted by Gasteiger charge is -2.12. The van der Waals surface area contributed by atoms with Crippen molar-refractivity contribution in [1.29, 1.82) is 0 Å². The van der Waals surface area contributed by atoms with Crippen molar-refractivity contribution in [3.8, 4) is 17.0 Å². The summed E-state index contributed by atoms with van der Waals surface area (Å²) in [6.45, 7) is 2.36. The third-order valence-electron chi connectivity index (χ3n) is 6.36. The van der Waals surface area contributed by atoms with Crippen LogP contribution < -0.4 is 15.4 Å². The molecule has 4 rings (SSSR count). The summed E-state index contributed by atoms with van der Waals surface area (Å²) in [6.07, 6.45) is 2.48. The van der Waals surface area contributed by atoms with Gasteiger partial charge in [0.1, 0.15) is 5.75 Å². The van der Waals surface area contributed by atoms with Crippen LogP contribution in [0.5, 0.6) is 5.75 Å². The SMILES string of the molecule is CCOc1ccccc1NC(=O)Nc1ccc(-c2ccc(C(=O)CC(CCc3ccccc3)C(=O)O)cc2)nc1. The maximum Gasteiger partial charge on any atom is 0.323 e. The van der Waals surface area contributed by atoms with Gasteiger partial charge in [0.2, 0.25) is 0 Å². The Morgan fingerprint density at radius 3 is 2.27 bits per heavy atom. The fourth-order valence-corrected chi connectivity index (χ4v) is 4.24. The van der Waals surface area contributed by atoms with E-state index in [0.717, 1.165) is 11.1 Å². The predicted molar refractivity (Wildman–Crippen MR) is 155 cm³/mol. The van der Waals surface area contributed by atoms with Crippen molar-refractivity contribution in [2.24, 2.45) is 5.92 Å². The first-order valence-corrected chi connectivity index (χ1v) is 13.1. The molecule has 0 aliphatic carbocycles. The molecule has 0 aliphatic heterocycles. The van der Waals surface area contributed by atoms with E-state index in [1.165, 1.54) is 0 Å². The molecule has 40 heavy (non-hydrogen) atoms. The second-order valence-corrected chi connectivity index (χ2v) is 9.20. The molecule has 1 heterocycles. The molecule has 0 spiro atoms. The molecule has 1 unspecified atom stereocenters. The number of nitrogens with one attached hydrogen (secondary N) is 2. The number of rotatable bonds is 12. The summed E-state index contributed by atoms with van der Waals surface area (Å²) < 4.78 is 5.53. The Bertz CT molecular complexity index is 1440. The number of aliphatic carboxylic acids is 1. The van der Waals surface area contributed by atoms with Gasteiger partial charge in [-0.15, -0.1) is 0 Å². The van der Waals surface area contributed by atoms with Crippen LogP contribution in [0.1, 0.15) is 35.7 Å². The molecule has 8 nitrogen and oxygen atoms in total. The molecule has 3 N–H and O–H groups in total. The van der Waals surface area contributed by atoms with Crippen LogP contribution in [0.3, 0.4) is 0 Å². The van der Waals surface area contributed by atoms with Gasteiger partial charge in [-0.25, -0.2) is 4.79 Å². The lowest BCUT2D eigenvalue weighted by atomic mass is 9.92. The monoisotopic (exact) mass is 537 g/mol. The molecule has 2 amide bonds. The summed E-state index contributed by atoms with van der Waals surface area (Å²) in [4.78, 5) is 41.5. The number of ketones is 1. The highest BCUT2D eigenvalue weighted by atomic mass is 16.5. The number of nitrogens with zero attached hydrogens (tertiary/aromatic N) is 1. The van der Waals surface area contributed by atoms with E-state index in [9.17, 15) is 19.5 Å². The number of carboxylic acids is 1. The van der Waals surface area contributed by atoms with Gasteiger partial charge in [-0.3, -0.25) is 14.6 Å². The standard InChI is InChI=1S/C32H31N3O5/c1-2-40-30-11-7-6-10-28(30)35-32(39)34-26-18-19-27(33-21-26)23-14-16-24(17-15-23)29(36)20-25(31(37)38)13-12-22-8-4-3-5-9-22/h3-11,14-19,21,25H,2,12-13,20H2,1H3,(H,37,38)(H2,34,35,39). The Morgan fingerprint density at radius 1 is 0.875 bits per heavy atom. The van der Waals surface area contributed by atoms with Gasteiger partial charge in [0.15, 0.2) is 5.78 Å². The van der Waals surface area contributed by atoms with Crippen LogP contribution in [0.4, 0.5) is 16.2 Å². The van der Waals surface area contributed by atoms with E-state index in [4.69, 9.17) is 4.74 Å². The second-order valence-electron chi connectivity index (χ2n) is 9.20. The van der Waals surface area contributed by atoms with Gasteiger partial charge in [-0.1, -0.05) is 66.7 Å². The quantitative estimate of drug-likeness (QED) is 0.173. The molecule has 204 valence electrons. The molecule has 0 fully saturated rings. The Labute approximate surface area is 233 Å². The normalized spacial score (nSPS) is 11.3. The van der Waals surface area contributed by atoms with Crippen LogP contribution in [0, 0.1) is 5.92 Å². The summed E-state index contributed by atoms with van der Waals surface area (Å²) in [5.74, 6) is -1.34. The highest BCUT2D eigenvalue weighted by Gasteiger charge is 2.22. The molecule has 0 saturated heterocycles. The fraction of sp³-hybridized carbons (Fsp3) is 0.188. The minimum absolute atomic E-state index is 0.0583. The first-order chi connectivity index (χ1) is 19.4. The summed E-state index contributed by atoms with van der Waals surface area (Å²) in [5, 5.41) is 15.1. The molecular formula is C32H31N3O5. The number of pyridine rings is 1. The zero-order chi connectivity index (χ0) is 28.3. The molecule has 3 aromatic carbocycles. The third kappa shape index (κ3) is 7.77. The van der Waals surface area contributed by atoms with Gasteiger partial charge < -0.3 is 20.5 Å². The number of carbonyl (C=O) groups excluding carboxylic acids is 2. The minimum Gasteiger partial charge on any atom is -0.492 e. The Kier molecular flexibility index (Phi) is 9.61. The van der Waals surface area contributed by atoms with Crippen molar-refractivity contribution in [3.63, 3.8) is 0 Å². The lowest BCUT2D eigenvalue weighted by molar-refractivity contribution is -0.141. The van der Waals surface area contributed by atoms with E-state index in [0.29, 0.717) is 47.8 Å². The molecule has 0 aliphatic rings. The number of hydrogen-bond acceptors (Lipinski definition) is 5. The number of amides is 2. The summed E-state index contributed by atoms with van der Waals surface area (Å²) >= 11 is 0. The molecule has 0 radical (unpaired) electrons. The smallest absolute Gasteiger partial charge is 0.323 e. The van der Waals surface area contributed by atoms with E-state index in [2.05, 4.69) is 15.6 Å². The molecule has 0 bridgehead atoms. The van der Waals surface area contributed by atoms with Crippen LogP contribution in [0.15, 0.2) is 97.2 Å². The van der Waals surface area contributed by atoms with Crippen molar-refractivity contribution in [3.05, 3.63) is 108 Å². The minimum atomic E-state index is -0.967. The van der Waals surface area contributed by atoms with Crippen molar-refractivity contribution in [2.45, 2.75) is 26.2 Å². The molecule has 4 aromatic rings. The number of hydrogen-bond donors (Lipinski definition) is 3. The van der Waals surface area contributed by atoms with Gasteiger partial charge in [-0.05, 0) is 49.6 Å². The Balaban J connectivity index is 1.33. The highest BCUT2D eigenvalue weighted by molar-refractivity contribution is 6.00. The number of aromatic nitrogens is 1. The number of ether oxygens (including phenoxy) is 1. The molecular weight excluding hydrogens is 506 g/mol. The van der Waals surface area contributed by atoms with Gasteiger partial charge in [0.05, 0.1) is 35.8 Å². The van der Waals surface area contributed by atoms with E-state index < -0.39 is 17.9 Å². The maximum absolute atomic E-state index is 12.8. The second kappa shape index (κ2) is 13.7. The summed E-state index contributed by atoms with van der Waals surface area (Å²) in [6, 6.07) is 26.8. The molecule has 1 atom stereocenters. The Hall–Kier alpha value is -4.98. The number of benzene rings is 3. The van der Waals surface area contributed by atoms with Crippen LogP contribution in [-0.2, 0) is 11.2 Å². The lowest BCUT2D eigenvalue weighted by Crippen LogP contribution is -2.20. The zero-order valence-electron chi connectivity index (χ0n) is 22.2. The van der Waals surface area contributed by atoms with Crippen molar-refractivity contribution in [2.75, 3.05) is 17.2 Å². The van der Waals surface area contributed by atoms with Crippen LogP contribution >= 0.6 is 0 Å². The van der Waals surface area contributed by atoms with E-state index in [1.54, 1.807) is 54.7 Å². The van der Waals surface area contributed by atoms with E-state index in [1.807, 2.05) is 49.4 Å². The van der Waals surface area contributed by atoms with Gasteiger partial charge in [0.25, 0.3) is 0 Å². The average molecular weight is 538 g/mol. The Morgan fingerprint density at radius 2 is 1.60 bits per heavy atom. The zero-order valence-corrected chi connectivity index (χ0v) is 22.2. The number of urea groups is 1. The largest absolute Gasteiger partial charge is 0.492 e. The summed E-state index contributed by atoms with van der Waals surface area (Å²) in [7, 11) is 0. The molecule has 8 heteroatoms. The van der Waals surface area contributed by atoms with Crippen molar-refractivity contribution >= 4 is 29.2 Å². The average Bonchev–Trinajstić information content (AvgIpc) is 2.97. The number of para-hydroxylation sites is 2. The van der Waals surface area contributed by atoms with Crippen molar-refractivity contribution < 1.29 is 24.2 Å². The van der Waals surface area contributed by atoms with E-state index >= 15 is 0 Å². The van der Waals surface area contributed by atoms with Crippen LogP contribution in [0.25, 0.3) is 11.3 Å². The highest BCUT2D eigenvalue weighted by Crippen LogP contribution is 2.25. The first kappa shape index (κ1) is 28.0. The van der Waals surface area contributed by atoms with E-state index in [-0.39, 0.29) is 12.2 Å². The van der Waals surface area contributed by atoms with Crippen molar-refractivity contribution in [1.82, 2.24) is 4.98 Å². The van der Waals surface area contributed by atoms with Crippen LogP contribution in [0.2, 0.25) is 0 Å². The number of anilines is 2. The van der Waals surface area contributed by atoms with Gasteiger partial charge >= 0.3 is 12.0 Å². The first-order valence-electron chi connectivity index (χ1n) is 13.1. The molecule has 1 aromatic heterocycles. The molecule has 0 saturated carbocycles. The number of aryl methyl sites for hydroxylation is 1. The fourth-order valence-electron chi connectivity index (χ4n) is 4.24. The van der Waals surface area contributed by atoms with Gasteiger partial charge in [0, 0.05) is 17.5 Å². The van der Waals surface area contributed by atoms with Crippen LogP contribution in [-0.4, -0.2) is 34.5 Å². The third-order valence-corrected chi connectivity index (χ3v) is 6.36. The van der Waals surface area contributed by atoms with Gasteiger partial charge in [-0.2, -0.15) is 0 Å². The number of carbonyl (C=O) groups is 3. The number of Topliss-reactive ketones (excluding diaryl/α,β-unsaturated/α-hetero) is 1.